The number of imidazole rings is 1. The van der Waals surface area contributed by atoms with Gasteiger partial charge in [0.2, 0.25) is 0 Å². The molecule has 0 saturated carbocycles. The van der Waals surface area contributed by atoms with Gasteiger partial charge in [-0.2, -0.15) is 0 Å². The van der Waals surface area contributed by atoms with E-state index in [0.29, 0.717) is 18.2 Å². The Bertz CT molecular complexity index is 678. The number of ether oxygens (including phenoxy) is 1. The summed E-state index contributed by atoms with van der Waals surface area (Å²) in [4.78, 5) is 5.43. The van der Waals surface area contributed by atoms with Crippen molar-refractivity contribution in [2.75, 3.05) is 0 Å². The maximum absolute atomic E-state index is 5.93. The first-order valence-corrected chi connectivity index (χ1v) is 7.04. The SMILES string of the molecule is NCc1cc(Cl)ccc1OCc1cn2ccsc2n1. The molecule has 0 spiro atoms. The van der Waals surface area contributed by atoms with Crippen LogP contribution in [0.15, 0.2) is 36.0 Å². The molecule has 98 valence electrons. The zero-order valence-corrected chi connectivity index (χ0v) is 11.6. The number of thiazole rings is 1. The molecule has 0 aliphatic rings. The Kier molecular flexibility index (Phi) is 3.42. The van der Waals surface area contributed by atoms with Crippen molar-refractivity contribution in [1.29, 1.82) is 0 Å². The highest BCUT2D eigenvalue weighted by molar-refractivity contribution is 7.15. The zero-order valence-electron chi connectivity index (χ0n) is 10.0. The lowest BCUT2D eigenvalue weighted by Crippen LogP contribution is -2.03. The molecule has 0 saturated heterocycles. The van der Waals surface area contributed by atoms with Crippen LogP contribution >= 0.6 is 22.9 Å². The van der Waals surface area contributed by atoms with E-state index in [4.69, 9.17) is 22.1 Å². The highest BCUT2D eigenvalue weighted by atomic mass is 35.5. The minimum atomic E-state index is 0.397. The number of fused-ring (bicyclic) bond motifs is 1. The van der Waals surface area contributed by atoms with Gasteiger partial charge in [0, 0.05) is 34.9 Å². The van der Waals surface area contributed by atoms with Crippen LogP contribution in [0.25, 0.3) is 4.96 Å². The maximum atomic E-state index is 5.93. The number of hydrogen-bond donors (Lipinski definition) is 1. The van der Waals surface area contributed by atoms with Crippen LogP contribution in [0, 0.1) is 0 Å². The average molecular weight is 294 g/mol. The molecule has 4 nitrogen and oxygen atoms in total. The van der Waals surface area contributed by atoms with Gasteiger partial charge >= 0.3 is 0 Å². The van der Waals surface area contributed by atoms with Crippen LogP contribution in [0.3, 0.4) is 0 Å². The predicted octanol–water partition coefficient (Wildman–Crippen LogP) is 3.09. The number of halogens is 1. The highest BCUT2D eigenvalue weighted by Gasteiger charge is 2.06. The predicted molar refractivity (Wildman–Crippen MR) is 76.7 cm³/mol. The topological polar surface area (TPSA) is 52.5 Å². The highest BCUT2D eigenvalue weighted by Crippen LogP contribution is 2.23. The van der Waals surface area contributed by atoms with Gasteiger partial charge in [-0.05, 0) is 18.2 Å². The largest absolute Gasteiger partial charge is 0.487 e. The molecule has 0 aliphatic heterocycles. The van der Waals surface area contributed by atoms with Gasteiger partial charge in [0.05, 0.1) is 5.69 Å². The van der Waals surface area contributed by atoms with Crippen LogP contribution in [0.1, 0.15) is 11.3 Å². The Balaban J connectivity index is 1.77. The molecule has 0 amide bonds. The summed E-state index contributed by atoms with van der Waals surface area (Å²) in [6, 6.07) is 5.45. The number of benzene rings is 1. The quantitative estimate of drug-likeness (QED) is 0.804. The van der Waals surface area contributed by atoms with E-state index in [1.807, 2.05) is 34.3 Å². The fraction of sp³-hybridized carbons (Fsp3) is 0.154. The molecule has 0 radical (unpaired) electrons. The molecule has 3 aromatic rings. The number of nitrogens with zero attached hydrogens (tertiary/aromatic N) is 2. The molecule has 0 unspecified atom stereocenters. The first-order valence-electron chi connectivity index (χ1n) is 5.78. The monoisotopic (exact) mass is 293 g/mol. The molecular formula is C13H12ClN3OS. The summed E-state index contributed by atoms with van der Waals surface area (Å²) >= 11 is 7.52. The Hall–Kier alpha value is -1.56. The van der Waals surface area contributed by atoms with E-state index in [1.165, 1.54) is 0 Å². The molecule has 3 rings (SSSR count). The molecule has 2 N–H and O–H groups in total. The van der Waals surface area contributed by atoms with Crippen LogP contribution in [0.4, 0.5) is 0 Å². The Morgan fingerprint density at radius 3 is 3.11 bits per heavy atom. The third-order valence-corrected chi connectivity index (χ3v) is 3.77. The van der Waals surface area contributed by atoms with Gasteiger partial charge in [-0.15, -0.1) is 11.3 Å². The first-order chi connectivity index (χ1) is 9.26. The Labute approximate surface area is 119 Å². The Morgan fingerprint density at radius 1 is 1.42 bits per heavy atom. The van der Waals surface area contributed by atoms with Gasteiger partial charge in [0.25, 0.3) is 0 Å². The summed E-state index contributed by atoms with van der Waals surface area (Å²) in [6.07, 6.45) is 3.94. The molecule has 1 aromatic carbocycles. The minimum absolute atomic E-state index is 0.397. The van der Waals surface area contributed by atoms with Crippen LogP contribution in [0.2, 0.25) is 5.02 Å². The molecular weight excluding hydrogens is 282 g/mol. The fourth-order valence-electron chi connectivity index (χ4n) is 1.85. The third kappa shape index (κ3) is 2.58. The van der Waals surface area contributed by atoms with Crippen LogP contribution in [-0.2, 0) is 13.2 Å². The fourth-order valence-corrected chi connectivity index (χ4v) is 2.76. The van der Waals surface area contributed by atoms with Gasteiger partial charge in [0.1, 0.15) is 12.4 Å². The van der Waals surface area contributed by atoms with E-state index in [1.54, 1.807) is 17.4 Å². The average Bonchev–Trinajstić information content (AvgIpc) is 2.97. The van der Waals surface area contributed by atoms with Crippen molar-refractivity contribution in [3.05, 3.63) is 52.3 Å². The summed E-state index contributed by atoms with van der Waals surface area (Å²) in [7, 11) is 0. The van der Waals surface area contributed by atoms with E-state index >= 15 is 0 Å². The van der Waals surface area contributed by atoms with Crippen LogP contribution in [0.5, 0.6) is 5.75 Å². The van der Waals surface area contributed by atoms with Crippen LogP contribution < -0.4 is 10.5 Å². The first kappa shape index (κ1) is 12.5. The van der Waals surface area contributed by atoms with Crippen molar-refractivity contribution in [2.24, 2.45) is 5.73 Å². The lowest BCUT2D eigenvalue weighted by Gasteiger charge is -2.09. The second kappa shape index (κ2) is 5.21. The van der Waals surface area contributed by atoms with E-state index in [2.05, 4.69) is 4.98 Å². The lowest BCUT2D eigenvalue weighted by molar-refractivity contribution is 0.299. The number of aromatic nitrogens is 2. The van der Waals surface area contributed by atoms with Gasteiger partial charge in [-0.25, -0.2) is 4.98 Å². The van der Waals surface area contributed by atoms with Crippen molar-refractivity contribution in [1.82, 2.24) is 9.38 Å². The van der Waals surface area contributed by atoms with Crippen LogP contribution in [-0.4, -0.2) is 9.38 Å². The normalized spacial score (nSPS) is 11.1. The van der Waals surface area contributed by atoms with Gasteiger partial charge in [0.15, 0.2) is 4.96 Å². The molecule has 6 heteroatoms. The molecule has 2 aromatic heterocycles. The minimum Gasteiger partial charge on any atom is -0.487 e. The van der Waals surface area contributed by atoms with E-state index in [9.17, 15) is 0 Å². The molecule has 0 atom stereocenters. The zero-order chi connectivity index (χ0) is 13.2. The van der Waals surface area contributed by atoms with Crippen molar-refractivity contribution in [3.63, 3.8) is 0 Å². The summed E-state index contributed by atoms with van der Waals surface area (Å²) < 4.78 is 7.74. The van der Waals surface area contributed by atoms with Gasteiger partial charge in [-0.3, -0.25) is 4.40 Å². The van der Waals surface area contributed by atoms with Crippen molar-refractivity contribution >= 4 is 27.9 Å². The summed E-state index contributed by atoms with van der Waals surface area (Å²) in [5.74, 6) is 0.753. The molecule has 2 heterocycles. The van der Waals surface area contributed by atoms with Crippen molar-refractivity contribution in [3.8, 4) is 5.75 Å². The van der Waals surface area contributed by atoms with E-state index < -0.39 is 0 Å². The Morgan fingerprint density at radius 2 is 2.32 bits per heavy atom. The summed E-state index contributed by atoms with van der Waals surface area (Å²) in [6.45, 7) is 0.817. The summed E-state index contributed by atoms with van der Waals surface area (Å²) in [5.41, 5.74) is 7.47. The molecule has 0 aliphatic carbocycles. The maximum Gasteiger partial charge on any atom is 0.193 e. The van der Waals surface area contributed by atoms with Crippen molar-refractivity contribution < 1.29 is 4.74 Å². The standard InChI is InChI=1S/C13H12ClN3OS/c14-10-1-2-12(9(5-10)6-15)18-8-11-7-17-3-4-19-13(17)16-11/h1-5,7H,6,8,15H2. The smallest absolute Gasteiger partial charge is 0.193 e. The van der Waals surface area contributed by atoms with Crippen molar-refractivity contribution in [2.45, 2.75) is 13.2 Å². The second-order valence-corrected chi connectivity index (χ2v) is 5.38. The molecule has 0 bridgehead atoms. The van der Waals surface area contributed by atoms with E-state index in [0.717, 1.165) is 22.0 Å². The number of nitrogens with two attached hydrogens (primary N) is 1. The number of hydrogen-bond acceptors (Lipinski definition) is 4. The molecule has 0 fully saturated rings. The van der Waals surface area contributed by atoms with Gasteiger partial charge < -0.3 is 10.5 Å². The van der Waals surface area contributed by atoms with E-state index in [-0.39, 0.29) is 0 Å². The lowest BCUT2D eigenvalue weighted by atomic mass is 10.2. The third-order valence-electron chi connectivity index (χ3n) is 2.76. The summed E-state index contributed by atoms with van der Waals surface area (Å²) in [5, 5.41) is 2.66. The number of rotatable bonds is 4. The second-order valence-electron chi connectivity index (χ2n) is 4.07. The van der Waals surface area contributed by atoms with Gasteiger partial charge in [-0.1, -0.05) is 11.6 Å². The molecule has 19 heavy (non-hydrogen) atoms.